The molecule has 0 saturated heterocycles. The molecule has 1 aromatic rings. The predicted molar refractivity (Wildman–Crippen MR) is 76.4 cm³/mol. The number of aromatic nitrogens is 2. The summed E-state index contributed by atoms with van der Waals surface area (Å²) >= 11 is 0. The van der Waals surface area contributed by atoms with Gasteiger partial charge in [0.1, 0.15) is 5.82 Å². The van der Waals surface area contributed by atoms with Gasteiger partial charge in [-0.1, -0.05) is 13.8 Å². The van der Waals surface area contributed by atoms with E-state index in [0.29, 0.717) is 12.3 Å². The van der Waals surface area contributed by atoms with Crippen molar-refractivity contribution in [2.45, 2.75) is 46.3 Å². The van der Waals surface area contributed by atoms with Gasteiger partial charge in [-0.15, -0.1) is 0 Å². The van der Waals surface area contributed by atoms with Crippen LogP contribution >= 0.6 is 0 Å². The number of hydrogen-bond acceptors (Lipinski definition) is 5. The molecule has 5 nitrogen and oxygen atoms in total. The van der Waals surface area contributed by atoms with E-state index >= 15 is 0 Å². The Kier molecular flexibility index (Phi) is 6.18. The number of likely N-dealkylation sites (N-methyl/N-ethyl adjacent to an activating group) is 1. The number of aliphatic hydroxyl groups excluding tert-OH is 1. The third kappa shape index (κ3) is 3.88. The van der Waals surface area contributed by atoms with Crippen molar-refractivity contribution < 1.29 is 9.84 Å². The third-order valence-corrected chi connectivity index (χ3v) is 3.12. The second-order valence-electron chi connectivity index (χ2n) is 4.96. The van der Waals surface area contributed by atoms with Crippen molar-refractivity contribution in [1.82, 2.24) is 9.97 Å². The molecule has 1 unspecified atom stereocenters. The Morgan fingerprint density at radius 1 is 1.37 bits per heavy atom. The Hall–Kier alpha value is -1.20. The minimum atomic E-state index is -0.0756. The lowest BCUT2D eigenvalue weighted by atomic mass is 10.2. The van der Waals surface area contributed by atoms with E-state index in [0.717, 1.165) is 18.1 Å². The average Bonchev–Trinajstić information content (AvgIpc) is 2.40. The monoisotopic (exact) mass is 267 g/mol. The summed E-state index contributed by atoms with van der Waals surface area (Å²) in [4.78, 5) is 11.0. The van der Waals surface area contributed by atoms with E-state index in [1.54, 1.807) is 7.11 Å². The zero-order valence-electron chi connectivity index (χ0n) is 12.6. The van der Waals surface area contributed by atoms with Crippen LogP contribution in [-0.2, 0) is 11.3 Å². The van der Waals surface area contributed by atoms with Crippen LogP contribution in [0.1, 0.15) is 45.1 Å². The van der Waals surface area contributed by atoms with Gasteiger partial charge in [-0.2, -0.15) is 0 Å². The Bertz CT molecular complexity index is 396. The number of ether oxygens (including phenoxy) is 1. The van der Waals surface area contributed by atoms with Crippen LogP contribution in [0.3, 0.4) is 0 Å². The molecule has 108 valence electrons. The summed E-state index contributed by atoms with van der Waals surface area (Å²) in [5.41, 5.74) is 1.57. The molecule has 19 heavy (non-hydrogen) atoms. The summed E-state index contributed by atoms with van der Waals surface area (Å²) in [6.07, 6.45) is 1.81. The molecule has 0 spiro atoms. The molecular weight excluding hydrogens is 242 g/mol. The van der Waals surface area contributed by atoms with Crippen LogP contribution in [0.15, 0.2) is 6.20 Å². The normalized spacial score (nSPS) is 12.8. The molecule has 5 heteroatoms. The van der Waals surface area contributed by atoms with E-state index in [1.807, 2.05) is 20.0 Å². The van der Waals surface area contributed by atoms with Crippen molar-refractivity contribution >= 4 is 5.69 Å². The number of aliphatic hydroxyl groups is 1. The van der Waals surface area contributed by atoms with Crippen molar-refractivity contribution in [2.24, 2.45) is 0 Å². The SMILES string of the molecule is CCN(c1cnc(C(C)C)nc1CO)C(C)COC. The number of hydrogen-bond donors (Lipinski definition) is 1. The lowest BCUT2D eigenvalue weighted by Crippen LogP contribution is -2.37. The van der Waals surface area contributed by atoms with Crippen LogP contribution in [0.5, 0.6) is 0 Å². The van der Waals surface area contributed by atoms with E-state index in [-0.39, 0.29) is 18.6 Å². The van der Waals surface area contributed by atoms with Crippen molar-refractivity contribution in [2.75, 3.05) is 25.2 Å². The Labute approximate surface area is 115 Å². The quantitative estimate of drug-likeness (QED) is 0.818. The largest absolute Gasteiger partial charge is 0.390 e. The van der Waals surface area contributed by atoms with Gasteiger partial charge in [0.05, 0.1) is 30.8 Å². The Morgan fingerprint density at radius 2 is 2.05 bits per heavy atom. The molecule has 0 aromatic carbocycles. The van der Waals surface area contributed by atoms with E-state index < -0.39 is 0 Å². The fourth-order valence-electron chi connectivity index (χ4n) is 2.11. The Morgan fingerprint density at radius 3 is 2.53 bits per heavy atom. The summed E-state index contributed by atoms with van der Waals surface area (Å²) in [5, 5.41) is 9.53. The molecule has 0 aliphatic rings. The second kappa shape index (κ2) is 7.40. The highest BCUT2D eigenvalue weighted by Crippen LogP contribution is 2.22. The lowest BCUT2D eigenvalue weighted by Gasteiger charge is -2.30. The van der Waals surface area contributed by atoms with Crippen LogP contribution in [0.25, 0.3) is 0 Å². The van der Waals surface area contributed by atoms with Gasteiger partial charge in [0, 0.05) is 25.6 Å². The highest BCUT2D eigenvalue weighted by molar-refractivity contribution is 5.49. The number of methoxy groups -OCH3 is 1. The number of nitrogens with zero attached hydrogens (tertiary/aromatic N) is 3. The van der Waals surface area contributed by atoms with E-state index in [2.05, 4.69) is 28.7 Å². The molecule has 0 saturated carbocycles. The summed E-state index contributed by atoms with van der Waals surface area (Å²) in [6, 6.07) is 0.216. The van der Waals surface area contributed by atoms with E-state index in [1.165, 1.54) is 0 Å². The van der Waals surface area contributed by atoms with Gasteiger partial charge >= 0.3 is 0 Å². The summed E-state index contributed by atoms with van der Waals surface area (Å²) < 4.78 is 5.20. The van der Waals surface area contributed by atoms with Crippen molar-refractivity contribution in [1.29, 1.82) is 0 Å². The smallest absolute Gasteiger partial charge is 0.131 e. The predicted octanol–water partition coefficient (Wildman–Crippen LogP) is 1.95. The topological polar surface area (TPSA) is 58.5 Å². The minimum absolute atomic E-state index is 0.0756. The van der Waals surface area contributed by atoms with Gasteiger partial charge in [0.25, 0.3) is 0 Å². The van der Waals surface area contributed by atoms with Crippen LogP contribution in [-0.4, -0.2) is 41.4 Å². The molecule has 1 atom stereocenters. The van der Waals surface area contributed by atoms with Gasteiger partial charge in [-0.25, -0.2) is 9.97 Å². The molecule has 0 fully saturated rings. The second-order valence-corrected chi connectivity index (χ2v) is 4.96. The molecule has 1 N–H and O–H groups in total. The molecule has 1 aromatic heterocycles. The maximum Gasteiger partial charge on any atom is 0.131 e. The summed E-state index contributed by atoms with van der Waals surface area (Å²) in [7, 11) is 1.69. The lowest BCUT2D eigenvalue weighted by molar-refractivity contribution is 0.181. The van der Waals surface area contributed by atoms with Crippen LogP contribution < -0.4 is 4.90 Å². The van der Waals surface area contributed by atoms with Crippen molar-refractivity contribution in [3.63, 3.8) is 0 Å². The molecular formula is C14H25N3O2. The molecule has 0 amide bonds. The first-order valence-corrected chi connectivity index (χ1v) is 6.77. The number of rotatable bonds is 7. The maximum atomic E-state index is 9.53. The van der Waals surface area contributed by atoms with E-state index in [4.69, 9.17) is 4.74 Å². The fraction of sp³-hybridized carbons (Fsp3) is 0.714. The van der Waals surface area contributed by atoms with Gasteiger partial charge < -0.3 is 14.7 Å². The first-order valence-electron chi connectivity index (χ1n) is 6.77. The van der Waals surface area contributed by atoms with Gasteiger partial charge in [0.15, 0.2) is 0 Å². The molecule has 0 bridgehead atoms. The van der Waals surface area contributed by atoms with Crippen LogP contribution in [0.4, 0.5) is 5.69 Å². The number of anilines is 1. The maximum absolute atomic E-state index is 9.53. The average molecular weight is 267 g/mol. The van der Waals surface area contributed by atoms with E-state index in [9.17, 15) is 5.11 Å². The zero-order chi connectivity index (χ0) is 14.4. The van der Waals surface area contributed by atoms with Crippen molar-refractivity contribution in [3.8, 4) is 0 Å². The molecule has 1 rings (SSSR count). The Balaban J connectivity index is 3.09. The van der Waals surface area contributed by atoms with Gasteiger partial charge in [0.2, 0.25) is 0 Å². The first-order chi connectivity index (χ1) is 9.04. The minimum Gasteiger partial charge on any atom is -0.390 e. The van der Waals surface area contributed by atoms with Gasteiger partial charge in [-0.05, 0) is 13.8 Å². The summed E-state index contributed by atoms with van der Waals surface area (Å²) in [6.45, 7) is 9.62. The third-order valence-electron chi connectivity index (χ3n) is 3.12. The van der Waals surface area contributed by atoms with Crippen LogP contribution in [0, 0.1) is 0 Å². The standard InChI is InChI=1S/C14H25N3O2/c1-6-17(11(4)9-19-5)13-7-15-14(10(2)3)16-12(13)8-18/h7,10-11,18H,6,8-9H2,1-5H3. The molecule has 0 radical (unpaired) electrons. The highest BCUT2D eigenvalue weighted by atomic mass is 16.5. The molecule has 0 aliphatic carbocycles. The van der Waals surface area contributed by atoms with Crippen molar-refractivity contribution in [3.05, 3.63) is 17.7 Å². The summed E-state index contributed by atoms with van der Waals surface area (Å²) in [5.74, 6) is 1.02. The highest BCUT2D eigenvalue weighted by Gasteiger charge is 2.18. The van der Waals surface area contributed by atoms with Crippen LogP contribution in [0.2, 0.25) is 0 Å². The molecule has 0 aliphatic heterocycles. The zero-order valence-corrected chi connectivity index (χ0v) is 12.6. The van der Waals surface area contributed by atoms with Gasteiger partial charge in [-0.3, -0.25) is 0 Å². The molecule has 1 heterocycles. The fourth-order valence-corrected chi connectivity index (χ4v) is 2.11. The first kappa shape index (κ1) is 15.9.